The summed E-state index contributed by atoms with van der Waals surface area (Å²) >= 11 is 6.08. The molecule has 4 rings (SSSR count). The molecule has 0 spiro atoms. The monoisotopic (exact) mass is 385 g/mol. The van der Waals surface area contributed by atoms with Gasteiger partial charge in [-0.2, -0.15) is 5.10 Å². The lowest BCUT2D eigenvalue weighted by Gasteiger charge is -2.19. The van der Waals surface area contributed by atoms with Crippen molar-refractivity contribution in [1.29, 1.82) is 0 Å². The van der Waals surface area contributed by atoms with Crippen LogP contribution in [0, 0.1) is 0 Å². The maximum absolute atomic E-state index is 12.6. The maximum atomic E-state index is 12.6. The Kier molecular flexibility index (Phi) is 4.84. The maximum Gasteiger partial charge on any atom is 0.274 e. The molecular weight excluding hydrogens is 370 g/mol. The second-order valence-electron chi connectivity index (χ2n) is 5.73. The molecular formula is C19H16ClN3O4. The summed E-state index contributed by atoms with van der Waals surface area (Å²) in [5.74, 6) is 1.48. The predicted molar refractivity (Wildman–Crippen MR) is 99.7 cm³/mol. The highest BCUT2D eigenvalue weighted by atomic mass is 35.5. The first-order chi connectivity index (χ1) is 13.2. The fourth-order valence-corrected chi connectivity index (χ4v) is 2.83. The van der Waals surface area contributed by atoms with Crippen molar-refractivity contribution in [2.45, 2.75) is 6.73 Å². The lowest BCUT2D eigenvalue weighted by Crippen LogP contribution is -2.20. The third-order valence-electron chi connectivity index (χ3n) is 3.93. The van der Waals surface area contributed by atoms with E-state index in [1.807, 2.05) is 12.1 Å². The van der Waals surface area contributed by atoms with Gasteiger partial charge in [0, 0.05) is 18.0 Å². The highest BCUT2D eigenvalue weighted by Crippen LogP contribution is 2.32. The van der Waals surface area contributed by atoms with Gasteiger partial charge in [0.2, 0.25) is 0 Å². The van der Waals surface area contributed by atoms with E-state index in [-0.39, 0.29) is 12.6 Å². The van der Waals surface area contributed by atoms with E-state index < -0.39 is 0 Å². The first-order valence-corrected chi connectivity index (χ1v) is 8.68. The second-order valence-corrected chi connectivity index (χ2v) is 6.14. The van der Waals surface area contributed by atoms with Crippen LogP contribution in [0.1, 0.15) is 10.5 Å². The van der Waals surface area contributed by atoms with Gasteiger partial charge in [-0.3, -0.25) is 4.79 Å². The van der Waals surface area contributed by atoms with Crippen LogP contribution >= 0.6 is 11.6 Å². The average molecular weight is 386 g/mol. The Labute approximate surface area is 160 Å². The molecule has 3 aromatic rings. The minimum Gasteiger partial charge on any atom is -0.486 e. The van der Waals surface area contributed by atoms with Crippen molar-refractivity contribution in [2.24, 2.45) is 0 Å². The number of para-hydroxylation sites is 1. The SMILES string of the molecule is O=C(Nc1ccc2c(c1)OCCO2)c1ccnn1COc1ccccc1Cl. The molecule has 0 fully saturated rings. The van der Waals surface area contributed by atoms with Gasteiger partial charge < -0.3 is 19.5 Å². The Balaban J connectivity index is 1.45. The van der Waals surface area contributed by atoms with E-state index in [4.69, 9.17) is 25.8 Å². The van der Waals surface area contributed by atoms with Crippen molar-refractivity contribution in [3.63, 3.8) is 0 Å². The lowest BCUT2D eigenvalue weighted by molar-refractivity contribution is 0.100. The molecule has 1 N–H and O–H groups in total. The van der Waals surface area contributed by atoms with Crippen molar-refractivity contribution in [3.05, 3.63) is 65.4 Å². The first kappa shape index (κ1) is 17.2. The highest BCUT2D eigenvalue weighted by Gasteiger charge is 2.16. The molecule has 2 aromatic carbocycles. The highest BCUT2D eigenvalue weighted by molar-refractivity contribution is 6.32. The summed E-state index contributed by atoms with van der Waals surface area (Å²) in [6.45, 7) is 1.06. The topological polar surface area (TPSA) is 74.6 Å². The van der Waals surface area contributed by atoms with Gasteiger partial charge in [0.1, 0.15) is 24.7 Å². The molecule has 0 atom stereocenters. The van der Waals surface area contributed by atoms with Crippen molar-refractivity contribution in [3.8, 4) is 17.2 Å². The molecule has 1 aliphatic heterocycles. The van der Waals surface area contributed by atoms with Gasteiger partial charge in [0.05, 0.1) is 5.02 Å². The van der Waals surface area contributed by atoms with Gasteiger partial charge in [-0.15, -0.1) is 0 Å². The van der Waals surface area contributed by atoms with E-state index in [0.29, 0.717) is 46.9 Å². The Bertz CT molecular complexity index is 973. The van der Waals surface area contributed by atoms with Crippen LogP contribution in [0.25, 0.3) is 0 Å². The van der Waals surface area contributed by atoms with Crippen LogP contribution in [0.4, 0.5) is 5.69 Å². The van der Waals surface area contributed by atoms with E-state index in [2.05, 4.69) is 10.4 Å². The predicted octanol–water partition coefficient (Wildman–Crippen LogP) is 3.60. The molecule has 0 saturated carbocycles. The third-order valence-corrected chi connectivity index (χ3v) is 4.24. The molecule has 138 valence electrons. The van der Waals surface area contributed by atoms with Crippen LogP contribution in [-0.2, 0) is 6.73 Å². The summed E-state index contributed by atoms with van der Waals surface area (Å²) in [6.07, 6.45) is 1.54. The van der Waals surface area contributed by atoms with Crippen molar-refractivity contribution >= 4 is 23.2 Å². The quantitative estimate of drug-likeness (QED) is 0.726. The van der Waals surface area contributed by atoms with Gasteiger partial charge in [-0.1, -0.05) is 23.7 Å². The number of fused-ring (bicyclic) bond motifs is 1. The summed E-state index contributed by atoms with van der Waals surface area (Å²) in [7, 11) is 0. The van der Waals surface area contributed by atoms with Crippen LogP contribution in [0.5, 0.6) is 17.2 Å². The number of halogens is 1. The van der Waals surface area contributed by atoms with E-state index in [1.54, 1.807) is 36.4 Å². The largest absolute Gasteiger partial charge is 0.486 e. The Hall–Kier alpha value is -3.19. The van der Waals surface area contributed by atoms with Crippen LogP contribution in [0.2, 0.25) is 5.02 Å². The summed E-state index contributed by atoms with van der Waals surface area (Å²) in [5.41, 5.74) is 0.959. The summed E-state index contributed by atoms with van der Waals surface area (Å²) in [4.78, 5) is 12.6. The molecule has 2 heterocycles. The van der Waals surface area contributed by atoms with Gasteiger partial charge in [-0.25, -0.2) is 4.68 Å². The van der Waals surface area contributed by atoms with Crippen molar-refractivity contribution < 1.29 is 19.0 Å². The molecule has 0 radical (unpaired) electrons. The normalized spacial score (nSPS) is 12.5. The minimum atomic E-state index is -0.313. The molecule has 8 heteroatoms. The van der Waals surface area contributed by atoms with Crippen LogP contribution in [0.15, 0.2) is 54.7 Å². The standard InChI is InChI=1S/C19H16ClN3O4/c20-14-3-1-2-4-16(14)27-12-23-15(7-8-21-23)19(24)22-13-5-6-17-18(11-13)26-10-9-25-17/h1-8,11H,9-10,12H2,(H,22,24). The number of nitrogens with zero attached hydrogens (tertiary/aromatic N) is 2. The van der Waals surface area contributed by atoms with E-state index in [0.717, 1.165) is 0 Å². The number of ether oxygens (including phenoxy) is 3. The van der Waals surface area contributed by atoms with Crippen LogP contribution in [-0.4, -0.2) is 28.9 Å². The van der Waals surface area contributed by atoms with Crippen molar-refractivity contribution in [1.82, 2.24) is 9.78 Å². The molecule has 0 unspecified atom stereocenters. The second kappa shape index (κ2) is 7.59. The van der Waals surface area contributed by atoms with Gasteiger partial charge >= 0.3 is 0 Å². The minimum absolute atomic E-state index is 0.0562. The average Bonchev–Trinajstić information content (AvgIpc) is 3.16. The summed E-state index contributed by atoms with van der Waals surface area (Å²) < 4.78 is 18.1. The lowest BCUT2D eigenvalue weighted by atomic mass is 10.2. The molecule has 1 aromatic heterocycles. The van der Waals surface area contributed by atoms with Crippen molar-refractivity contribution in [2.75, 3.05) is 18.5 Å². The number of carbonyl (C=O) groups excluding carboxylic acids is 1. The molecule has 1 aliphatic rings. The van der Waals surface area contributed by atoms with E-state index in [1.165, 1.54) is 10.9 Å². The number of hydrogen-bond acceptors (Lipinski definition) is 5. The number of anilines is 1. The Morgan fingerprint density at radius 1 is 1.15 bits per heavy atom. The molecule has 7 nitrogen and oxygen atoms in total. The molecule has 0 aliphatic carbocycles. The smallest absolute Gasteiger partial charge is 0.274 e. The van der Waals surface area contributed by atoms with Gasteiger partial charge in [0.15, 0.2) is 18.2 Å². The zero-order valence-electron chi connectivity index (χ0n) is 14.2. The number of benzene rings is 2. The fourth-order valence-electron chi connectivity index (χ4n) is 2.64. The third kappa shape index (κ3) is 3.83. The number of amides is 1. The number of rotatable bonds is 5. The first-order valence-electron chi connectivity index (χ1n) is 8.31. The van der Waals surface area contributed by atoms with E-state index in [9.17, 15) is 4.79 Å². The Morgan fingerprint density at radius 2 is 1.96 bits per heavy atom. The zero-order chi connectivity index (χ0) is 18.6. The van der Waals surface area contributed by atoms with E-state index >= 15 is 0 Å². The number of nitrogens with one attached hydrogen (secondary N) is 1. The Morgan fingerprint density at radius 3 is 2.81 bits per heavy atom. The van der Waals surface area contributed by atoms with Gasteiger partial charge in [0.25, 0.3) is 5.91 Å². The number of hydrogen-bond donors (Lipinski definition) is 1. The molecule has 1 amide bonds. The van der Waals surface area contributed by atoms with Crippen LogP contribution < -0.4 is 19.5 Å². The fraction of sp³-hybridized carbons (Fsp3) is 0.158. The molecule has 0 saturated heterocycles. The summed E-state index contributed by atoms with van der Waals surface area (Å²) in [5, 5.41) is 7.46. The molecule has 0 bridgehead atoms. The van der Waals surface area contributed by atoms with Crippen LogP contribution in [0.3, 0.4) is 0 Å². The zero-order valence-corrected chi connectivity index (χ0v) is 15.0. The number of aromatic nitrogens is 2. The number of carbonyl (C=O) groups is 1. The summed E-state index contributed by atoms with van der Waals surface area (Å²) in [6, 6.07) is 14.0. The van der Waals surface area contributed by atoms with Gasteiger partial charge in [-0.05, 0) is 30.3 Å². The molecule has 27 heavy (non-hydrogen) atoms.